The van der Waals surface area contributed by atoms with Crippen LogP contribution < -0.4 is 5.32 Å². The maximum Gasteiger partial charge on any atom is 0.374 e. The first-order chi connectivity index (χ1) is 8.72. The smallest absolute Gasteiger partial charge is 0.374 e. The second kappa shape index (κ2) is 6.02. The van der Waals surface area contributed by atoms with Gasteiger partial charge in [0.1, 0.15) is 0 Å². The Morgan fingerprint density at radius 1 is 1.67 bits per heavy atom. The maximum absolute atomic E-state index is 11.5. The lowest BCUT2D eigenvalue weighted by molar-refractivity contribution is 0.0561. The second-order valence-electron chi connectivity index (χ2n) is 4.68. The molecule has 5 nitrogen and oxygen atoms in total. The molecule has 2 rings (SSSR count). The third-order valence-corrected chi connectivity index (χ3v) is 3.43. The van der Waals surface area contributed by atoms with Crippen molar-refractivity contribution in [1.29, 1.82) is 0 Å². The third-order valence-electron chi connectivity index (χ3n) is 3.43. The normalized spacial score (nSPS) is 20.1. The number of likely N-dealkylation sites (N-methyl/N-ethyl adjacent to an activating group) is 1. The zero-order chi connectivity index (χ0) is 13.0. The van der Waals surface area contributed by atoms with E-state index in [-0.39, 0.29) is 0 Å². The molecule has 18 heavy (non-hydrogen) atoms. The third kappa shape index (κ3) is 2.91. The van der Waals surface area contributed by atoms with E-state index in [0.717, 1.165) is 18.7 Å². The number of furan rings is 1. The van der Waals surface area contributed by atoms with Crippen LogP contribution >= 0.6 is 0 Å². The minimum atomic E-state index is -0.412. The van der Waals surface area contributed by atoms with Crippen molar-refractivity contribution in [2.45, 2.75) is 25.4 Å². The molecule has 0 aromatic carbocycles. The lowest BCUT2D eigenvalue weighted by atomic mass is 10.1. The molecule has 0 bridgehead atoms. The molecule has 2 heterocycles. The Bertz CT molecular complexity index is 397. The van der Waals surface area contributed by atoms with Crippen LogP contribution in [0, 0.1) is 0 Å². The van der Waals surface area contributed by atoms with Gasteiger partial charge in [-0.25, -0.2) is 4.79 Å². The van der Waals surface area contributed by atoms with E-state index in [0.29, 0.717) is 18.3 Å². The van der Waals surface area contributed by atoms with Crippen LogP contribution in [0.4, 0.5) is 0 Å². The van der Waals surface area contributed by atoms with Crippen LogP contribution in [-0.2, 0) is 11.3 Å². The molecule has 1 fully saturated rings. The standard InChI is InChI=1S/C13H20N2O3/c1-15(11-4-3-6-14-8-11)9-10-5-7-18-12(10)13(16)17-2/h5,7,11,14H,3-4,6,8-9H2,1-2H3. The fourth-order valence-corrected chi connectivity index (χ4v) is 2.34. The molecule has 0 saturated carbocycles. The quantitative estimate of drug-likeness (QED) is 0.817. The van der Waals surface area contributed by atoms with Crippen LogP contribution in [-0.4, -0.2) is 44.2 Å². The molecule has 100 valence electrons. The second-order valence-corrected chi connectivity index (χ2v) is 4.68. The van der Waals surface area contributed by atoms with E-state index in [9.17, 15) is 4.79 Å². The Labute approximate surface area is 107 Å². The van der Waals surface area contributed by atoms with Crippen molar-refractivity contribution < 1.29 is 13.9 Å². The van der Waals surface area contributed by atoms with Crippen molar-refractivity contribution in [3.05, 3.63) is 23.7 Å². The van der Waals surface area contributed by atoms with E-state index >= 15 is 0 Å². The lowest BCUT2D eigenvalue weighted by Crippen LogP contribution is -2.43. The van der Waals surface area contributed by atoms with Crippen LogP contribution in [0.2, 0.25) is 0 Å². The number of hydrogen-bond donors (Lipinski definition) is 1. The molecule has 5 heteroatoms. The first-order valence-corrected chi connectivity index (χ1v) is 6.28. The van der Waals surface area contributed by atoms with Gasteiger partial charge in [-0.3, -0.25) is 4.90 Å². The molecule has 1 aliphatic rings. The van der Waals surface area contributed by atoms with Crippen LogP contribution in [0.1, 0.15) is 29.0 Å². The number of methoxy groups -OCH3 is 1. The van der Waals surface area contributed by atoms with Crippen molar-refractivity contribution in [3.63, 3.8) is 0 Å². The number of nitrogens with one attached hydrogen (secondary N) is 1. The number of carbonyl (C=O) groups excluding carboxylic acids is 1. The summed E-state index contributed by atoms with van der Waals surface area (Å²) in [6.07, 6.45) is 3.92. The minimum Gasteiger partial charge on any atom is -0.463 e. The summed E-state index contributed by atoms with van der Waals surface area (Å²) in [4.78, 5) is 13.8. The number of rotatable bonds is 4. The number of carbonyl (C=O) groups is 1. The summed E-state index contributed by atoms with van der Waals surface area (Å²) in [6.45, 7) is 2.80. The van der Waals surface area contributed by atoms with Gasteiger partial charge < -0.3 is 14.5 Å². The minimum absolute atomic E-state index is 0.313. The van der Waals surface area contributed by atoms with Crippen molar-refractivity contribution in [3.8, 4) is 0 Å². The summed E-state index contributed by atoms with van der Waals surface area (Å²) in [7, 11) is 3.44. The number of esters is 1. The molecule has 1 aromatic heterocycles. The van der Waals surface area contributed by atoms with Crippen molar-refractivity contribution in [1.82, 2.24) is 10.2 Å². The van der Waals surface area contributed by atoms with Gasteiger partial charge in [-0.05, 0) is 32.5 Å². The first kappa shape index (κ1) is 13.1. The molecule has 0 amide bonds. The Morgan fingerprint density at radius 2 is 2.50 bits per heavy atom. The highest BCUT2D eigenvalue weighted by Gasteiger charge is 2.21. The number of piperidine rings is 1. The molecule has 0 spiro atoms. The van der Waals surface area contributed by atoms with E-state index in [2.05, 4.69) is 17.3 Å². The van der Waals surface area contributed by atoms with E-state index in [1.54, 1.807) is 0 Å². The van der Waals surface area contributed by atoms with Gasteiger partial charge in [-0.15, -0.1) is 0 Å². The zero-order valence-electron chi connectivity index (χ0n) is 10.9. The van der Waals surface area contributed by atoms with Crippen LogP contribution in [0.15, 0.2) is 16.7 Å². The van der Waals surface area contributed by atoms with E-state index in [1.165, 1.54) is 26.2 Å². The van der Waals surface area contributed by atoms with Gasteiger partial charge in [-0.1, -0.05) is 0 Å². The van der Waals surface area contributed by atoms with Crippen molar-refractivity contribution in [2.75, 3.05) is 27.2 Å². The molecule has 1 atom stereocenters. The predicted molar refractivity (Wildman–Crippen MR) is 67.4 cm³/mol. The average Bonchev–Trinajstić information content (AvgIpc) is 2.87. The topological polar surface area (TPSA) is 54.7 Å². The van der Waals surface area contributed by atoms with E-state index in [1.807, 2.05) is 6.07 Å². The fourth-order valence-electron chi connectivity index (χ4n) is 2.34. The number of ether oxygens (including phenoxy) is 1. The lowest BCUT2D eigenvalue weighted by Gasteiger charge is -2.31. The van der Waals surface area contributed by atoms with Crippen molar-refractivity contribution >= 4 is 5.97 Å². The van der Waals surface area contributed by atoms with Gasteiger partial charge in [0.05, 0.1) is 13.4 Å². The first-order valence-electron chi connectivity index (χ1n) is 6.28. The molecular weight excluding hydrogens is 232 g/mol. The Kier molecular flexibility index (Phi) is 4.38. The Hall–Kier alpha value is -1.33. The molecule has 1 unspecified atom stereocenters. The van der Waals surface area contributed by atoms with Gasteiger partial charge in [0.25, 0.3) is 0 Å². The summed E-state index contributed by atoms with van der Waals surface area (Å²) >= 11 is 0. The largest absolute Gasteiger partial charge is 0.463 e. The van der Waals surface area contributed by atoms with Gasteiger partial charge in [-0.2, -0.15) is 0 Å². The van der Waals surface area contributed by atoms with Crippen LogP contribution in [0.25, 0.3) is 0 Å². The SMILES string of the molecule is COC(=O)c1occc1CN(C)C1CCCNC1. The van der Waals surface area contributed by atoms with E-state index < -0.39 is 5.97 Å². The highest BCUT2D eigenvalue weighted by molar-refractivity contribution is 5.87. The summed E-state index contributed by atoms with van der Waals surface area (Å²) < 4.78 is 9.89. The zero-order valence-corrected chi connectivity index (χ0v) is 10.9. The summed E-state index contributed by atoms with van der Waals surface area (Å²) in [6, 6.07) is 2.35. The Morgan fingerprint density at radius 3 is 3.17 bits per heavy atom. The molecule has 0 radical (unpaired) electrons. The van der Waals surface area contributed by atoms with Crippen molar-refractivity contribution in [2.24, 2.45) is 0 Å². The molecule has 1 saturated heterocycles. The highest BCUT2D eigenvalue weighted by atomic mass is 16.5. The van der Waals surface area contributed by atoms with Crippen LogP contribution in [0.3, 0.4) is 0 Å². The molecule has 1 aromatic rings. The molecule has 1 aliphatic heterocycles. The summed E-state index contributed by atoms with van der Waals surface area (Å²) in [5, 5.41) is 3.39. The summed E-state index contributed by atoms with van der Waals surface area (Å²) in [5.74, 6) is -0.0988. The highest BCUT2D eigenvalue weighted by Crippen LogP contribution is 2.17. The maximum atomic E-state index is 11.5. The van der Waals surface area contributed by atoms with E-state index in [4.69, 9.17) is 9.15 Å². The summed E-state index contributed by atoms with van der Waals surface area (Å²) in [5.41, 5.74) is 0.884. The molecule has 1 N–H and O–H groups in total. The average molecular weight is 252 g/mol. The van der Waals surface area contributed by atoms with Gasteiger partial charge in [0.2, 0.25) is 5.76 Å². The fraction of sp³-hybridized carbons (Fsp3) is 0.615. The Balaban J connectivity index is 2.00. The van der Waals surface area contributed by atoms with Gasteiger partial charge in [0, 0.05) is 24.7 Å². The number of nitrogens with zero attached hydrogens (tertiary/aromatic N) is 1. The van der Waals surface area contributed by atoms with Crippen LogP contribution in [0.5, 0.6) is 0 Å². The van der Waals surface area contributed by atoms with Gasteiger partial charge >= 0.3 is 5.97 Å². The molecule has 0 aliphatic carbocycles. The monoisotopic (exact) mass is 252 g/mol. The van der Waals surface area contributed by atoms with Gasteiger partial charge in [0.15, 0.2) is 0 Å². The molecular formula is C13H20N2O3. The predicted octanol–water partition coefficient (Wildman–Crippen LogP) is 1.25. The number of hydrogen-bond acceptors (Lipinski definition) is 5.